The number of carbonyl (C=O) groups is 2. The quantitative estimate of drug-likeness (QED) is 0.744. The molecule has 1 saturated heterocycles. The van der Waals surface area contributed by atoms with E-state index in [1.165, 1.54) is 4.90 Å². The van der Waals surface area contributed by atoms with Gasteiger partial charge in [0.15, 0.2) is 0 Å². The predicted octanol–water partition coefficient (Wildman–Crippen LogP) is 1.29. The standard InChI is InChI=1S/C13H20N2O3/c1-4-10(5-2)14-13(18)15-8-6-7-9(3)11(15)12(16)17/h1,9-11H,5-8H2,2-3H3,(H,14,18)(H,16,17). The van der Waals surface area contributed by atoms with Crippen molar-refractivity contribution < 1.29 is 14.7 Å². The van der Waals surface area contributed by atoms with Gasteiger partial charge in [-0.15, -0.1) is 6.42 Å². The van der Waals surface area contributed by atoms with E-state index >= 15 is 0 Å². The van der Waals surface area contributed by atoms with E-state index in [-0.39, 0.29) is 18.0 Å². The first-order chi connectivity index (χ1) is 8.51. The summed E-state index contributed by atoms with van der Waals surface area (Å²) in [6.45, 7) is 4.20. The van der Waals surface area contributed by atoms with Crippen molar-refractivity contribution in [3.8, 4) is 12.3 Å². The largest absolute Gasteiger partial charge is 0.480 e. The van der Waals surface area contributed by atoms with E-state index < -0.39 is 12.0 Å². The lowest BCUT2D eigenvalue weighted by Crippen LogP contribution is -2.56. The number of carbonyl (C=O) groups excluding carboxylic acids is 1. The van der Waals surface area contributed by atoms with Gasteiger partial charge in [-0.1, -0.05) is 19.8 Å². The summed E-state index contributed by atoms with van der Waals surface area (Å²) in [5.41, 5.74) is 0. The number of carboxylic acids is 1. The summed E-state index contributed by atoms with van der Waals surface area (Å²) < 4.78 is 0. The first-order valence-corrected chi connectivity index (χ1v) is 6.27. The van der Waals surface area contributed by atoms with E-state index in [0.717, 1.165) is 12.8 Å². The van der Waals surface area contributed by atoms with Crippen LogP contribution in [0.25, 0.3) is 0 Å². The number of aliphatic carboxylic acids is 1. The summed E-state index contributed by atoms with van der Waals surface area (Å²) in [5.74, 6) is 1.48. The fourth-order valence-corrected chi connectivity index (χ4v) is 2.29. The summed E-state index contributed by atoms with van der Waals surface area (Å²) in [6.07, 6.45) is 7.56. The number of nitrogens with one attached hydrogen (secondary N) is 1. The minimum atomic E-state index is -0.953. The van der Waals surface area contributed by atoms with Gasteiger partial charge in [-0.25, -0.2) is 9.59 Å². The molecule has 2 N–H and O–H groups in total. The Morgan fingerprint density at radius 2 is 2.28 bits per heavy atom. The maximum absolute atomic E-state index is 12.0. The van der Waals surface area contributed by atoms with E-state index in [1.807, 2.05) is 13.8 Å². The van der Waals surface area contributed by atoms with Crippen LogP contribution in [0.5, 0.6) is 0 Å². The van der Waals surface area contributed by atoms with Crippen LogP contribution in [0, 0.1) is 18.3 Å². The molecule has 5 heteroatoms. The molecule has 1 aliphatic heterocycles. The number of terminal acetylenes is 1. The Balaban J connectivity index is 2.76. The van der Waals surface area contributed by atoms with Crippen LogP contribution in [0.2, 0.25) is 0 Å². The lowest BCUT2D eigenvalue weighted by Gasteiger charge is -2.37. The van der Waals surface area contributed by atoms with Crippen LogP contribution < -0.4 is 5.32 Å². The summed E-state index contributed by atoms with van der Waals surface area (Å²) in [6, 6.07) is -1.48. The fraction of sp³-hybridized carbons (Fsp3) is 0.692. The van der Waals surface area contributed by atoms with Crippen LogP contribution in [0.3, 0.4) is 0 Å². The number of likely N-dealkylation sites (tertiary alicyclic amines) is 1. The van der Waals surface area contributed by atoms with E-state index in [4.69, 9.17) is 6.42 Å². The summed E-state index contributed by atoms with van der Waals surface area (Å²) in [7, 11) is 0. The number of amides is 2. The first-order valence-electron chi connectivity index (χ1n) is 6.27. The van der Waals surface area contributed by atoms with Crippen LogP contribution in [0.4, 0.5) is 4.79 Å². The molecule has 1 rings (SSSR count). The second-order valence-corrected chi connectivity index (χ2v) is 4.67. The number of hydrogen-bond donors (Lipinski definition) is 2. The molecular formula is C13H20N2O3. The van der Waals surface area contributed by atoms with Crippen molar-refractivity contribution in [1.29, 1.82) is 0 Å². The highest BCUT2D eigenvalue weighted by Crippen LogP contribution is 2.23. The molecule has 3 atom stereocenters. The van der Waals surface area contributed by atoms with Crippen molar-refractivity contribution in [2.24, 2.45) is 5.92 Å². The van der Waals surface area contributed by atoms with Gasteiger partial charge in [0.25, 0.3) is 0 Å². The number of urea groups is 1. The number of hydrogen-bond acceptors (Lipinski definition) is 2. The molecule has 0 aromatic heterocycles. The van der Waals surface area contributed by atoms with E-state index in [2.05, 4.69) is 11.2 Å². The van der Waals surface area contributed by atoms with Crippen molar-refractivity contribution in [2.75, 3.05) is 6.54 Å². The highest BCUT2D eigenvalue weighted by Gasteiger charge is 2.37. The molecule has 1 heterocycles. The number of carboxylic acid groups (broad SMARTS) is 1. The highest BCUT2D eigenvalue weighted by molar-refractivity contribution is 5.83. The second-order valence-electron chi connectivity index (χ2n) is 4.67. The molecule has 0 bridgehead atoms. The van der Waals surface area contributed by atoms with Crippen molar-refractivity contribution >= 4 is 12.0 Å². The third-order valence-corrected chi connectivity index (χ3v) is 3.35. The number of nitrogens with zero attached hydrogens (tertiary/aromatic N) is 1. The zero-order valence-corrected chi connectivity index (χ0v) is 10.8. The van der Waals surface area contributed by atoms with Gasteiger partial charge in [0.2, 0.25) is 0 Å². The van der Waals surface area contributed by atoms with Crippen LogP contribution in [0.1, 0.15) is 33.1 Å². The molecule has 0 aliphatic carbocycles. The Hall–Kier alpha value is -1.70. The molecule has 2 amide bonds. The molecule has 3 unspecified atom stereocenters. The normalized spacial score (nSPS) is 25.1. The maximum atomic E-state index is 12.0. The third-order valence-electron chi connectivity index (χ3n) is 3.35. The third kappa shape index (κ3) is 3.16. The molecular weight excluding hydrogens is 232 g/mol. The summed E-state index contributed by atoms with van der Waals surface area (Å²) >= 11 is 0. The van der Waals surface area contributed by atoms with Crippen LogP contribution >= 0.6 is 0 Å². The van der Waals surface area contributed by atoms with Gasteiger partial charge in [-0.2, -0.15) is 0 Å². The molecule has 1 fully saturated rings. The Labute approximate surface area is 108 Å². The fourth-order valence-electron chi connectivity index (χ4n) is 2.29. The van der Waals surface area contributed by atoms with Gasteiger partial charge in [0.1, 0.15) is 6.04 Å². The topological polar surface area (TPSA) is 69.6 Å². The molecule has 5 nitrogen and oxygen atoms in total. The molecule has 100 valence electrons. The van der Waals surface area contributed by atoms with Gasteiger partial charge in [0, 0.05) is 6.54 Å². The maximum Gasteiger partial charge on any atom is 0.326 e. The van der Waals surface area contributed by atoms with Crippen LogP contribution in [-0.4, -0.2) is 40.6 Å². The van der Waals surface area contributed by atoms with E-state index in [1.54, 1.807) is 0 Å². The lowest BCUT2D eigenvalue weighted by molar-refractivity contribution is -0.145. The molecule has 18 heavy (non-hydrogen) atoms. The molecule has 0 aromatic rings. The molecule has 0 saturated carbocycles. The summed E-state index contributed by atoms with van der Waals surface area (Å²) in [5, 5.41) is 11.9. The van der Waals surface area contributed by atoms with Crippen molar-refractivity contribution in [3.05, 3.63) is 0 Å². The molecule has 1 aliphatic rings. The van der Waals surface area contributed by atoms with E-state index in [9.17, 15) is 14.7 Å². The van der Waals surface area contributed by atoms with Gasteiger partial charge in [-0.3, -0.25) is 0 Å². The first kappa shape index (κ1) is 14.4. The Kier molecular flexibility index (Phi) is 5.02. The minimum absolute atomic E-state index is 0.0343. The van der Waals surface area contributed by atoms with Gasteiger partial charge in [-0.05, 0) is 25.2 Å². The van der Waals surface area contributed by atoms with E-state index in [0.29, 0.717) is 13.0 Å². The second kappa shape index (κ2) is 6.29. The zero-order chi connectivity index (χ0) is 13.7. The van der Waals surface area contributed by atoms with Crippen LogP contribution in [0.15, 0.2) is 0 Å². The zero-order valence-electron chi connectivity index (χ0n) is 10.8. The van der Waals surface area contributed by atoms with Gasteiger partial charge < -0.3 is 15.3 Å². The summed E-state index contributed by atoms with van der Waals surface area (Å²) in [4.78, 5) is 24.7. The van der Waals surface area contributed by atoms with Gasteiger partial charge >= 0.3 is 12.0 Å². The Morgan fingerprint density at radius 3 is 2.78 bits per heavy atom. The van der Waals surface area contributed by atoms with Crippen molar-refractivity contribution in [2.45, 2.75) is 45.2 Å². The molecule has 0 aromatic carbocycles. The molecule has 0 radical (unpaired) electrons. The predicted molar refractivity (Wildman–Crippen MR) is 68.0 cm³/mol. The average molecular weight is 252 g/mol. The highest BCUT2D eigenvalue weighted by atomic mass is 16.4. The van der Waals surface area contributed by atoms with Crippen LogP contribution in [-0.2, 0) is 4.79 Å². The smallest absolute Gasteiger partial charge is 0.326 e. The average Bonchev–Trinajstić information content (AvgIpc) is 2.34. The Morgan fingerprint density at radius 1 is 1.61 bits per heavy atom. The number of piperidine rings is 1. The van der Waals surface area contributed by atoms with Crippen molar-refractivity contribution in [3.63, 3.8) is 0 Å². The van der Waals surface area contributed by atoms with Crippen molar-refractivity contribution in [1.82, 2.24) is 10.2 Å². The Bertz CT molecular complexity index is 362. The van der Waals surface area contributed by atoms with Gasteiger partial charge in [0.05, 0.1) is 6.04 Å². The monoisotopic (exact) mass is 252 g/mol. The minimum Gasteiger partial charge on any atom is -0.480 e. The lowest BCUT2D eigenvalue weighted by atomic mass is 9.91. The number of rotatable bonds is 3. The SMILES string of the molecule is C#CC(CC)NC(=O)N1CCCC(C)C1C(=O)O. The molecule has 0 spiro atoms.